The molecule has 0 N–H and O–H groups in total. The van der Waals surface area contributed by atoms with Gasteiger partial charge in [-0.3, -0.25) is 0 Å². The first kappa shape index (κ1) is 9.24. The highest BCUT2D eigenvalue weighted by Crippen LogP contribution is 2.23. The molecule has 0 fully saturated rings. The van der Waals surface area contributed by atoms with Gasteiger partial charge in [0.05, 0.1) is 0 Å². The van der Waals surface area contributed by atoms with E-state index in [2.05, 4.69) is 20.8 Å². The van der Waals surface area contributed by atoms with Crippen LogP contribution in [-0.4, -0.2) is 0 Å². The van der Waals surface area contributed by atoms with Gasteiger partial charge in [0.2, 0.25) is 0 Å². The quantitative estimate of drug-likeness (QED) is 0.630. The van der Waals surface area contributed by atoms with Crippen molar-refractivity contribution in [3.8, 4) is 0 Å². The van der Waals surface area contributed by atoms with E-state index in [1.165, 1.54) is 6.07 Å². The minimum absolute atomic E-state index is 0.139. The predicted octanol–water partition coefficient (Wildman–Crippen LogP) is 3.59. The number of halogens is 1. The summed E-state index contributed by atoms with van der Waals surface area (Å²) in [5.41, 5.74) is 1.09. The van der Waals surface area contributed by atoms with Gasteiger partial charge >= 0.3 is 0 Å². The van der Waals surface area contributed by atoms with Crippen LogP contribution in [0.15, 0.2) is 24.3 Å². The van der Waals surface area contributed by atoms with Crippen LogP contribution in [0.3, 0.4) is 0 Å². The molecule has 1 unspecified atom stereocenters. The van der Waals surface area contributed by atoms with E-state index < -0.39 is 0 Å². The lowest BCUT2D eigenvalue weighted by molar-refractivity contribution is 0.530. The average Bonchev–Trinajstić information content (AvgIpc) is 2.03. The van der Waals surface area contributed by atoms with Gasteiger partial charge in [0, 0.05) is 0 Å². The minimum Gasteiger partial charge on any atom is -0.207 e. The molecule has 0 aromatic heterocycles. The Balaban J connectivity index is 2.88. The van der Waals surface area contributed by atoms with Gasteiger partial charge in [-0.2, -0.15) is 0 Å². The van der Waals surface area contributed by atoms with Crippen LogP contribution in [0, 0.1) is 11.7 Å². The van der Waals surface area contributed by atoms with Crippen molar-refractivity contribution in [2.45, 2.75) is 26.7 Å². The zero-order valence-corrected chi connectivity index (χ0v) is 7.84. The zero-order chi connectivity index (χ0) is 9.14. The van der Waals surface area contributed by atoms with Crippen LogP contribution in [0.2, 0.25) is 0 Å². The number of benzene rings is 1. The lowest BCUT2D eigenvalue weighted by atomic mass is 9.90. The molecular weight excluding hydrogens is 151 g/mol. The van der Waals surface area contributed by atoms with E-state index in [1.54, 1.807) is 12.1 Å². The molecule has 0 aliphatic rings. The van der Waals surface area contributed by atoms with Crippen LogP contribution in [0.1, 0.15) is 32.3 Å². The summed E-state index contributed by atoms with van der Waals surface area (Å²) < 4.78 is 12.8. The largest absolute Gasteiger partial charge is 0.207 e. The smallest absolute Gasteiger partial charge is 0.123 e. The molecule has 0 amide bonds. The first-order valence-corrected chi connectivity index (χ1v) is 4.36. The molecule has 0 aliphatic carbocycles. The highest BCUT2D eigenvalue weighted by atomic mass is 19.1. The molecule has 0 saturated heterocycles. The van der Waals surface area contributed by atoms with Crippen molar-refractivity contribution in [2.75, 3.05) is 0 Å². The molecule has 12 heavy (non-hydrogen) atoms. The summed E-state index contributed by atoms with van der Waals surface area (Å²) in [7, 11) is 0. The predicted molar refractivity (Wildman–Crippen MR) is 49.7 cm³/mol. The summed E-state index contributed by atoms with van der Waals surface area (Å²) in [5, 5.41) is 0. The maximum atomic E-state index is 12.8. The molecule has 0 aliphatic heterocycles. The number of rotatable bonds is 2. The summed E-state index contributed by atoms with van der Waals surface area (Å²) in [5.74, 6) is 0.854. The lowest BCUT2D eigenvalue weighted by Gasteiger charge is -2.15. The van der Waals surface area contributed by atoms with Gasteiger partial charge in [0.1, 0.15) is 5.82 Å². The lowest BCUT2D eigenvalue weighted by Crippen LogP contribution is -2.01. The summed E-state index contributed by atoms with van der Waals surface area (Å²) in [6.07, 6.45) is 0. The highest BCUT2D eigenvalue weighted by Gasteiger charge is 2.09. The fourth-order valence-corrected chi connectivity index (χ4v) is 1.17. The Morgan fingerprint density at radius 3 is 2.33 bits per heavy atom. The summed E-state index contributed by atoms with van der Waals surface area (Å²) in [6.45, 7) is 6.42. The first-order valence-electron chi connectivity index (χ1n) is 4.36. The minimum atomic E-state index is -0.139. The highest BCUT2D eigenvalue weighted by molar-refractivity contribution is 5.20. The number of hydrogen-bond acceptors (Lipinski definition) is 0. The Bertz CT molecular complexity index is 253. The summed E-state index contributed by atoms with van der Waals surface area (Å²) >= 11 is 0. The molecule has 0 nitrogen and oxygen atoms in total. The van der Waals surface area contributed by atoms with Crippen LogP contribution in [0.4, 0.5) is 4.39 Å². The Kier molecular flexibility index (Phi) is 2.85. The maximum Gasteiger partial charge on any atom is 0.123 e. The third kappa shape index (κ3) is 2.07. The second-order valence-electron chi connectivity index (χ2n) is 3.59. The third-order valence-corrected chi connectivity index (χ3v) is 2.37. The van der Waals surface area contributed by atoms with Crippen LogP contribution >= 0.6 is 0 Å². The fraction of sp³-hybridized carbons (Fsp3) is 0.455. The second-order valence-corrected chi connectivity index (χ2v) is 3.59. The van der Waals surface area contributed by atoms with Gasteiger partial charge in [0.25, 0.3) is 0 Å². The zero-order valence-electron chi connectivity index (χ0n) is 7.84. The van der Waals surface area contributed by atoms with Crippen molar-refractivity contribution in [1.29, 1.82) is 0 Å². The summed E-state index contributed by atoms with van der Waals surface area (Å²) in [4.78, 5) is 0. The Morgan fingerprint density at radius 2 is 1.83 bits per heavy atom. The number of hydrogen-bond donors (Lipinski definition) is 0. The normalized spacial score (nSPS) is 13.4. The van der Waals surface area contributed by atoms with Gasteiger partial charge in [0.15, 0.2) is 0 Å². The van der Waals surface area contributed by atoms with E-state index in [1.807, 2.05) is 6.07 Å². The Hall–Kier alpha value is -0.850. The van der Waals surface area contributed by atoms with Gasteiger partial charge < -0.3 is 0 Å². The monoisotopic (exact) mass is 166 g/mol. The van der Waals surface area contributed by atoms with Crippen molar-refractivity contribution >= 4 is 0 Å². The van der Waals surface area contributed by atoms with Crippen molar-refractivity contribution < 1.29 is 4.39 Å². The molecule has 1 aromatic carbocycles. The van der Waals surface area contributed by atoms with Gasteiger partial charge in [-0.25, -0.2) is 4.39 Å². The molecule has 1 atom stereocenters. The van der Waals surface area contributed by atoms with Crippen LogP contribution in [0.25, 0.3) is 0 Å². The van der Waals surface area contributed by atoms with Crippen molar-refractivity contribution in [3.63, 3.8) is 0 Å². The molecule has 1 heteroatoms. The molecule has 0 bridgehead atoms. The molecule has 1 rings (SSSR count). The van der Waals surface area contributed by atoms with E-state index in [4.69, 9.17) is 0 Å². The third-order valence-electron chi connectivity index (χ3n) is 2.37. The van der Waals surface area contributed by atoms with Gasteiger partial charge in [-0.15, -0.1) is 0 Å². The van der Waals surface area contributed by atoms with E-state index in [0.717, 1.165) is 5.56 Å². The second kappa shape index (κ2) is 3.70. The standard InChI is InChI=1S/C11H15F/c1-8(2)9(3)10-5-4-6-11(12)7-10/h4-9H,1-3H3. The van der Waals surface area contributed by atoms with Crippen LogP contribution in [0.5, 0.6) is 0 Å². The van der Waals surface area contributed by atoms with Gasteiger partial charge in [-0.05, 0) is 29.5 Å². The van der Waals surface area contributed by atoms with Gasteiger partial charge in [-0.1, -0.05) is 32.9 Å². The Morgan fingerprint density at radius 1 is 1.17 bits per heavy atom. The molecule has 0 radical (unpaired) electrons. The first-order chi connectivity index (χ1) is 5.61. The molecular formula is C11H15F. The molecule has 0 heterocycles. The van der Waals surface area contributed by atoms with E-state index >= 15 is 0 Å². The average molecular weight is 166 g/mol. The Labute approximate surface area is 73.4 Å². The van der Waals surface area contributed by atoms with Crippen LogP contribution < -0.4 is 0 Å². The SMILES string of the molecule is CC(C)C(C)c1cccc(F)c1. The molecule has 0 spiro atoms. The topological polar surface area (TPSA) is 0 Å². The summed E-state index contributed by atoms with van der Waals surface area (Å²) in [6, 6.07) is 6.85. The maximum absolute atomic E-state index is 12.8. The van der Waals surface area contributed by atoms with Crippen molar-refractivity contribution in [3.05, 3.63) is 35.6 Å². The van der Waals surface area contributed by atoms with Crippen molar-refractivity contribution in [2.24, 2.45) is 5.92 Å². The van der Waals surface area contributed by atoms with Crippen molar-refractivity contribution in [1.82, 2.24) is 0 Å². The molecule has 66 valence electrons. The molecule has 1 aromatic rings. The molecule has 0 saturated carbocycles. The fourth-order valence-electron chi connectivity index (χ4n) is 1.17. The van der Waals surface area contributed by atoms with E-state index in [9.17, 15) is 4.39 Å². The van der Waals surface area contributed by atoms with E-state index in [-0.39, 0.29) is 5.82 Å². The van der Waals surface area contributed by atoms with E-state index in [0.29, 0.717) is 11.8 Å². The van der Waals surface area contributed by atoms with Crippen LogP contribution in [-0.2, 0) is 0 Å².